The highest BCUT2D eigenvalue weighted by atomic mass is 33.1. The van der Waals surface area contributed by atoms with E-state index >= 15 is 0 Å². The summed E-state index contributed by atoms with van der Waals surface area (Å²) < 4.78 is 20.8. The van der Waals surface area contributed by atoms with Crippen LogP contribution in [0.5, 0.6) is 11.5 Å². The van der Waals surface area contributed by atoms with Crippen molar-refractivity contribution in [1.82, 2.24) is 8.61 Å². The van der Waals surface area contributed by atoms with Crippen molar-refractivity contribution in [2.24, 2.45) is 0 Å². The van der Waals surface area contributed by atoms with E-state index in [1.165, 1.54) is 67.1 Å². The number of carbonyl (C=O) groups excluding carboxylic acids is 2. The van der Waals surface area contributed by atoms with Crippen LogP contribution in [-0.4, -0.2) is 70.1 Å². The van der Waals surface area contributed by atoms with Crippen molar-refractivity contribution in [2.75, 3.05) is 52.6 Å². The summed E-state index contributed by atoms with van der Waals surface area (Å²) in [4.78, 5) is 26.3. The zero-order chi connectivity index (χ0) is 24.3. The Kier molecular flexibility index (Phi) is 11.9. The van der Waals surface area contributed by atoms with Crippen molar-refractivity contribution < 1.29 is 23.8 Å². The lowest BCUT2D eigenvalue weighted by molar-refractivity contribution is 0.0775. The van der Waals surface area contributed by atoms with Crippen LogP contribution in [0.15, 0.2) is 58.3 Å². The van der Waals surface area contributed by atoms with Gasteiger partial charge in [-0.1, -0.05) is 0 Å². The van der Waals surface area contributed by atoms with E-state index in [2.05, 4.69) is 0 Å². The first-order valence-corrected chi connectivity index (χ1v) is 16.6. The van der Waals surface area contributed by atoms with Gasteiger partial charge in [-0.15, -0.1) is 0 Å². The lowest BCUT2D eigenvalue weighted by Crippen LogP contribution is -2.31. The van der Waals surface area contributed by atoms with Crippen LogP contribution in [0, 0.1) is 0 Å². The maximum atomic E-state index is 12.2. The van der Waals surface area contributed by atoms with Gasteiger partial charge in [-0.3, -0.25) is 9.59 Å². The second-order valence-electron chi connectivity index (χ2n) is 7.14. The molecule has 0 atom stereocenters. The molecule has 0 bridgehead atoms. The molecule has 2 aliphatic rings. The zero-order valence-electron chi connectivity index (χ0n) is 18.7. The number of hydrogen-bond acceptors (Lipinski definition) is 13. The first-order valence-electron chi connectivity index (χ1n) is 10.8. The van der Waals surface area contributed by atoms with Crippen molar-refractivity contribution in [2.45, 2.75) is 9.79 Å². The highest BCUT2D eigenvalue weighted by Gasteiger charge is 2.17. The molecule has 0 radical (unpaired) electrons. The molecule has 0 unspecified atom stereocenters. The lowest BCUT2D eigenvalue weighted by atomic mass is 10.3. The monoisotopic (exact) mass is 588 g/mol. The second kappa shape index (κ2) is 15.1. The summed E-state index contributed by atoms with van der Waals surface area (Å²) in [6.07, 6.45) is 0. The van der Waals surface area contributed by atoms with Crippen LogP contribution in [0.2, 0.25) is 0 Å². The van der Waals surface area contributed by atoms with E-state index in [4.69, 9.17) is 14.2 Å². The molecule has 188 valence electrons. The van der Waals surface area contributed by atoms with Gasteiger partial charge < -0.3 is 14.2 Å². The lowest BCUT2D eigenvalue weighted by Gasteiger charge is -2.23. The van der Waals surface area contributed by atoms with Gasteiger partial charge in [-0.2, -0.15) is 0 Å². The van der Waals surface area contributed by atoms with E-state index < -0.39 is 0 Å². The molecule has 2 aromatic rings. The van der Waals surface area contributed by atoms with Crippen LogP contribution >= 0.6 is 67.1 Å². The molecular formula is C22H24N2O5S6. The maximum absolute atomic E-state index is 12.2. The van der Waals surface area contributed by atoms with Crippen LogP contribution in [-0.2, 0) is 9.47 Å². The SMILES string of the molecule is O=C(SSc1ccc(Oc2ccc(SSC(=O)SN3CCOCC3)cc2)cc1)SN1CCOCC1. The highest BCUT2D eigenvalue weighted by molar-refractivity contribution is 8.86. The van der Waals surface area contributed by atoms with Crippen LogP contribution in [0.3, 0.4) is 0 Å². The van der Waals surface area contributed by atoms with Crippen molar-refractivity contribution in [1.29, 1.82) is 0 Å². The summed E-state index contributed by atoms with van der Waals surface area (Å²) in [6, 6.07) is 15.3. The Morgan fingerprint density at radius 1 is 0.629 bits per heavy atom. The molecule has 4 rings (SSSR count). The Balaban J connectivity index is 1.16. The molecule has 0 saturated carbocycles. The molecule has 2 saturated heterocycles. The molecule has 7 nitrogen and oxygen atoms in total. The summed E-state index contributed by atoms with van der Waals surface area (Å²) in [5.41, 5.74) is 0. The quantitative estimate of drug-likeness (QED) is 0.232. The van der Waals surface area contributed by atoms with Gasteiger partial charge in [0.2, 0.25) is 0 Å². The number of ether oxygens (including phenoxy) is 3. The molecule has 2 aromatic carbocycles. The predicted octanol–water partition coefficient (Wildman–Crippen LogP) is 7.16. The van der Waals surface area contributed by atoms with Gasteiger partial charge in [-0.05, 0) is 91.7 Å². The number of rotatable bonds is 8. The van der Waals surface area contributed by atoms with E-state index in [0.29, 0.717) is 26.4 Å². The first-order chi connectivity index (χ1) is 17.1. The largest absolute Gasteiger partial charge is 0.457 e. The highest BCUT2D eigenvalue weighted by Crippen LogP contribution is 2.39. The van der Waals surface area contributed by atoms with Crippen molar-refractivity contribution in [3.63, 3.8) is 0 Å². The van der Waals surface area contributed by atoms with Gasteiger partial charge in [0, 0.05) is 59.9 Å². The fourth-order valence-electron chi connectivity index (χ4n) is 2.94. The molecule has 0 aliphatic carbocycles. The maximum Gasteiger partial charge on any atom is 0.271 e. The van der Waals surface area contributed by atoms with Gasteiger partial charge in [0.15, 0.2) is 0 Å². The van der Waals surface area contributed by atoms with Crippen molar-refractivity contribution in [3.8, 4) is 11.5 Å². The third-order valence-electron chi connectivity index (χ3n) is 4.64. The molecule has 0 spiro atoms. The van der Waals surface area contributed by atoms with E-state index in [0.717, 1.165) is 47.5 Å². The Morgan fingerprint density at radius 3 is 1.37 bits per heavy atom. The van der Waals surface area contributed by atoms with Gasteiger partial charge in [-0.25, -0.2) is 8.61 Å². The average Bonchev–Trinajstić information content (AvgIpc) is 2.89. The average molecular weight is 589 g/mol. The minimum Gasteiger partial charge on any atom is -0.457 e. The normalized spacial score (nSPS) is 17.3. The summed E-state index contributed by atoms with van der Waals surface area (Å²) in [7, 11) is 5.34. The fourth-order valence-corrected chi connectivity index (χ4v) is 8.54. The third kappa shape index (κ3) is 10.1. The zero-order valence-corrected chi connectivity index (χ0v) is 23.6. The standard InChI is InChI=1S/C22H24N2O5S6/c25-21(30-23-9-13-27-14-10-23)34-32-19-5-1-17(2-6-19)29-18-3-7-20(8-4-18)33-35-22(26)31-24-11-15-28-16-12-24/h1-8H,9-16H2. The molecule has 0 amide bonds. The van der Waals surface area contributed by atoms with Crippen LogP contribution < -0.4 is 4.74 Å². The minimum absolute atomic E-state index is 0.0646. The summed E-state index contributed by atoms with van der Waals surface area (Å²) in [5, 5.41) is 0. The van der Waals surface area contributed by atoms with Gasteiger partial charge in [0.1, 0.15) is 11.5 Å². The second-order valence-corrected chi connectivity index (χ2v) is 14.2. The van der Waals surface area contributed by atoms with Gasteiger partial charge in [0.05, 0.1) is 26.4 Å². The molecule has 0 aromatic heterocycles. The Labute approximate surface area is 229 Å². The Hall–Kier alpha value is -0.480. The molecular weight excluding hydrogens is 565 g/mol. The molecule has 13 heteroatoms. The number of hydrogen-bond donors (Lipinski definition) is 0. The van der Waals surface area contributed by atoms with Crippen LogP contribution in [0.25, 0.3) is 0 Å². The van der Waals surface area contributed by atoms with Crippen LogP contribution in [0.4, 0.5) is 9.59 Å². The minimum atomic E-state index is 0.0646. The van der Waals surface area contributed by atoms with E-state index in [1.54, 1.807) is 0 Å². The molecule has 0 N–H and O–H groups in total. The molecule has 2 fully saturated rings. The van der Waals surface area contributed by atoms with E-state index in [-0.39, 0.29) is 8.89 Å². The third-order valence-corrected chi connectivity index (χ3v) is 11.7. The van der Waals surface area contributed by atoms with E-state index in [1.807, 2.05) is 57.1 Å². The van der Waals surface area contributed by atoms with Gasteiger partial charge in [0.25, 0.3) is 8.89 Å². The van der Waals surface area contributed by atoms with Crippen molar-refractivity contribution in [3.05, 3.63) is 48.5 Å². The number of carbonyl (C=O) groups is 2. The summed E-state index contributed by atoms with van der Waals surface area (Å²) in [6.45, 7) is 5.80. The van der Waals surface area contributed by atoms with Crippen molar-refractivity contribution >= 4 is 76.0 Å². The van der Waals surface area contributed by atoms with E-state index in [9.17, 15) is 9.59 Å². The Bertz CT molecular complexity index is 876. The summed E-state index contributed by atoms with van der Waals surface area (Å²) >= 11 is 2.52. The topological polar surface area (TPSA) is 68.3 Å². The predicted molar refractivity (Wildman–Crippen MR) is 151 cm³/mol. The van der Waals surface area contributed by atoms with Crippen LogP contribution in [0.1, 0.15) is 0 Å². The number of benzene rings is 2. The summed E-state index contributed by atoms with van der Waals surface area (Å²) in [5.74, 6) is 1.44. The number of morpholine rings is 2. The Morgan fingerprint density at radius 2 is 1.00 bits per heavy atom. The molecule has 2 heterocycles. The molecule has 35 heavy (non-hydrogen) atoms. The molecule has 2 aliphatic heterocycles. The fraction of sp³-hybridized carbons (Fsp3) is 0.364. The smallest absolute Gasteiger partial charge is 0.271 e. The first kappa shape index (κ1) is 27.6. The number of nitrogens with zero attached hydrogens (tertiary/aromatic N) is 2. The van der Waals surface area contributed by atoms with Gasteiger partial charge >= 0.3 is 0 Å².